The predicted molar refractivity (Wildman–Crippen MR) is 173 cm³/mol. The Bertz CT molecular complexity index is 1700. The highest BCUT2D eigenvalue weighted by Crippen LogP contribution is 2.38. The number of hydrogen-bond acceptors (Lipinski definition) is 18. The third-order valence-corrected chi connectivity index (χ3v) is 8.89. The summed E-state index contributed by atoms with van der Waals surface area (Å²) in [6.45, 7) is -11.0. The molecule has 0 saturated carbocycles. The number of phenolic OH excluding ortho intramolecular Hbond substituents is 2. The minimum absolute atomic E-state index is 0.0206. The maximum absolute atomic E-state index is 11.1. The summed E-state index contributed by atoms with van der Waals surface area (Å²) < 4.78 is 0. The molecule has 0 atom stereocenters. The van der Waals surface area contributed by atoms with E-state index in [-0.39, 0.29) is 54.1 Å². The SMILES string of the molecule is OCC(CO)(CO)N=c1c(=NC(CO)(CO)CO)c2cc(O)cc3c2-c2c1cc(O)cc2c(=NC(CO)(CO)CO)c3=NC(CO)(CO)CO. The van der Waals surface area contributed by atoms with E-state index in [4.69, 9.17) is 0 Å². The van der Waals surface area contributed by atoms with Gasteiger partial charge in [-0.05, 0) is 24.3 Å². The van der Waals surface area contributed by atoms with Gasteiger partial charge in [0.2, 0.25) is 0 Å². The molecule has 18 nitrogen and oxygen atoms in total. The molecule has 0 aliphatic heterocycles. The first kappa shape index (κ1) is 39.0. The summed E-state index contributed by atoms with van der Waals surface area (Å²) in [5.41, 5.74) is -7.67. The van der Waals surface area contributed by atoms with Crippen LogP contribution in [0.25, 0.3) is 32.7 Å². The molecule has 0 radical (unpaired) electrons. The number of aliphatic hydroxyl groups is 12. The van der Waals surface area contributed by atoms with Crippen LogP contribution < -0.4 is 21.4 Å². The van der Waals surface area contributed by atoms with Crippen molar-refractivity contribution in [2.24, 2.45) is 20.0 Å². The standard InChI is InChI=1S/C32H42N4O14/c37-5-29(6-38,7-39)33-25-19-1-17(49)2-20-23(19)24-21(26(25)34-30(8-40,9-41)10-42)3-18(50)4-22(24)28(36-32(14-46,15-47)16-48)27(20)35-31(11-43,12-44)13-45/h1-4,37-50H,5-16H2. The number of rotatable bonds is 16. The van der Waals surface area contributed by atoms with Gasteiger partial charge in [0.25, 0.3) is 0 Å². The van der Waals surface area contributed by atoms with E-state index in [0.29, 0.717) is 0 Å². The zero-order valence-corrected chi connectivity index (χ0v) is 26.8. The monoisotopic (exact) mass is 706 g/mol. The van der Waals surface area contributed by atoms with E-state index >= 15 is 0 Å². The Labute approximate surface area is 282 Å². The van der Waals surface area contributed by atoms with Gasteiger partial charge in [-0.25, -0.2) is 0 Å². The zero-order valence-electron chi connectivity index (χ0n) is 26.8. The van der Waals surface area contributed by atoms with Crippen molar-refractivity contribution in [1.29, 1.82) is 0 Å². The highest BCUT2D eigenvalue weighted by molar-refractivity contribution is 6.12. The average molecular weight is 707 g/mol. The number of hydrogen-bond donors (Lipinski definition) is 14. The average Bonchev–Trinajstić information content (AvgIpc) is 3.15. The van der Waals surface area contributed by atoms with Crippen molar-refractivity contribution in [3.63, 3.8) is 0 Å². The molecule has 2 aromatic carbocycles. The lowest BCUT2D eigenvalue weighted by molar-refractivity contribution is 0.0666. The number of nitrogens with zero attached hydrogens (tertiary/aromatic N) is 4. The Kier molecular flexibility index (Phi) is 11.9. The van der Waals surface area contributed by atoms with Gasteiger partial charge in [-0.15, -0.1) is 0 Å². The van der Waals surface area contributed by atoms with Crippen LogP contribution in [0.1, 0.15) is 0 Å². The van der Waals surface area contributed by atoms with Gasteiger partial charge in [0.1, 0.15) is 33.7 Å². The van der Waals surface area contributed by atoms with E-state index in [1.165, 1.54) is 24.3 Å². The third-order valence-electron chi connectivity index (χ3n) is 8.89. The van der Waals surface area contributed by atoms with Gasteiger partial charge in [-0.2, -0.15) is 0 Å². The molecule has 0 unspecified atom stereocenters. The second-order valence-corrected chi connectivity index (χ2v) is 12.5. The smallest absolute Gasteiger partial charge is 0.130 e. The summed E-state index contributed by atoms with van der Waals surface area (Å²) in [7, 11) is 0. The molecule has 50 heavy (non-hydrogen) atoms. The van der Waals surface area contributed by atoms with E-state index in [0.717, 1.165) is 0 Å². The van der Waals surface area contributed by atoms with Crippen LogP contribution in [-0.4, -0.2) is 173 Å². The number of phenols is 2. The maximum atomic E-state index is 11.1. The molecule has 0 heterocycles. The van der Waals surface area contributed by atoms with E-state index in [1.54, 1.807) is 0 Å². The third kappa shape index (κ3) is 6.57. The molecule has 0 saturated heterocycles. The van der Waals surface area contributed by atoms with E-state index < -0.39 is 113 Å². The van der Waals surface area contributed by atoms with Crippen molar-refractivity contribution in [1.82, 2.24) is 0 Å². The van der Waals surface area contributed by atoms with Gasteiger partial charge < -0.3 is 71.5 Å². The first-order valence-electron chi connectivity index (χ1n) is 15.3. The van der Waals surface area contributed by atoms with Crippen LogP contribution in [-0.2, 0) is 0 Å². The Balaban J connectivity index is 2.64. The summed E-state index contributed by atoms with van der Waals surface area (Å²) >= 11 is 0. The second-order valence-electron chi connectivity index (χ2n) is 12.5. The molecule has 0 aromatic heterocycles. The van der Waals surface area contributed by atoms with Crippen molar-refractivity contribution in [2.75, 3.05) is 79.3 Å². The second kappa shape index (κ2) is 15.2. The number of aromatic hydroxyl groups is 2. The largest absolute Gasteiger partial charge is 0.508 e. The summed E-state index contributed by atoms with van der Waals surface area (Å²) in [4.78, 5) is 17.9. The molecule has 0 fully saturated rings. The van der Waals surface area contributed by atoms with Crippen LogP contribution >= 0.6 is 0 Å². The Hall–Kier alpha value is -3.76. The molecule has 0 spiro atoms. The first-order chi connectivity index (χ1) is 23.9. The summed E-state index contributed by atoms with van der Waals surface area (Å²) in [5, 5.41) is 144. The van der Waals surface area contributed by atoms with Crippen LogP contribution in [0.3, 0.4) is 0 Å². The van der Waals surface area contributed by atoms with Gasteiger partial charge >= 0.3 is 0 Å². The molecule has 0 bridgehead atoms. The Morgan fingerprint density at radius 1 is 0.320 bits per heavy atom. The van der Waals surface area contributed by atoms with E-state index in [1.807, 2.05) is 0 Å². The van der Waals surface area contributed by atoms with Crippen LogP contribution in [0.2, 0.25) is 0 Å². The lowest BCUT2D eigenvalue weighted by Crippen LogP contribution is -2.48. The minimum Gasteiger partial charge on any atom is -0.508 e. The first-order valence-corrected chi connectivity index (χ1v) is 15.3. The summed E-state index contributed by atoms with van der Waals surface area (Å²) in [6.07, 6.45) is 0. The molecule has 4 rings (SSSR count). The fraction of sp³-hybridized carbons (Fsp3) is 0.500. The number of aliphatic hydroxyl groups excluding tert-OH is 12. The molecular formula is C32H42N4O14. The van der Waals surface area contributed by atoms with Crippen LogP contribution in [0, 0.1) is 0 Å². The Morgan fingerprint density at radius 3 is 0.620 bits per heavy atom. The molecule has 274 valence electrons. The van der Waals surface area contributed by atoms with Crippen LogP contribution in [0.15, 0.2) is 44.2 Å². The molecule has 2 aromatic rings. The highest BCUT2D eigenvalue weighted by Gasteiger charge is 2.34. The van der Waals surface area contributed by atoms with Crippen LogP contribution in [0.4, 0.5) is 0 Å². The molecule has 14 N–H and O–H groups in total. The minimum atomic E-state index is -1.99. The normalized spacial score (nSPS) is 15.2. The van der Waals surface area contributed by atoms with Gasteiger partial charge in [-0.3, -0.25) is 20.0 Å². The van der Waals surface area contributed by atoms with Crippen molar-refractivity contribution in [3.8, 4) is 22.6 Å². The quantitative estimate of drug-likeness (QED) is 0.0482. The maximum Gasteiger partial charge on any atom is 0.130 e. The zero-order chi connectivity index (χ0) is 37.1. The fourth-order valence-electron chi connectivity index (χ4n) is 5.48. The predicted octanol–water partition coefficient (Wildman–Crippen LogP) is -6.71. The molecule has 2 aliphatic carbocycles. The van der Waals surface area contributed by atoms with Crippen molar-refractivity contribution in [3.05, 3.63) is 45.7 Å². The van der Waals surface area contributed by atoms with Crippen molar-refractivity contribution in [2.45, 2.75) is 22.2 Å². The lowest BCUT2D eigenvalue weighted by Gasteiger charge is -2.27. The van der Waals surface area contributed by atoms with Gasteiger partial charge in [0.05, 0.1) is 101 Å². The van der Waals surface area contributed by atoms with E-state index in [9.17, 15) is 71.5 Å². The highest BCUT2D eigenvalue weighted by atomic mass is 16.3. The van der Waals surface area contributed by atoms with Crippen molar-refractivity contribution < 1.29 is 71.5 Å². The Morgan fingerprint density at radius 2 is 0.480 bits per heavy atom. The molecule has 2 aliphatic rings. The number of benzene rings is 4. The van der Waals surface area contributed by atoms with Gasteiger partial charge in [0.15, 0.2) is 0 Å². The van der Waals surface area contributed by atoms with Gasteiger partial charge in [0, 0.05) is 32.7 Å². The summed E-state index contributed by atoms with van der Waals surface area (Å²) in [6, 6.07) is 4.77. The molecule has 18 heteroatoms. The summed E-state index contributed by atoms with van der Waals surface area (Å²) in [5.74, 6) is -0.964. The fourth-order valence-corrected chi connectivity index (χ4v) is 5.48. The van der Waals surface area contributed by atoms with Crippen molar-refractivity contribution >= 4 is 21.5 Å². The topological polar surface area (TPSA) is 333 Å². The molecule has 0 amide bonds. The lowest BCUT2D eigenvalue weighted by atomic mass is 9.85. The van der Waals surface area contributed by atoms with Crippen LogP contribution in [0.5, 0.6) is 11.5 Å². The van der Waals surface area contributed by atoms with Gasteiger partial charge in [-0.1, -0.05) is 0 Å². The molecular weight excluding hydrogens is 664 g/mol. The van der Waals surface area contributed by atoms with E-state index in [2.05, 4.69) is 20.0 Å².